The van der Waals surface area contributed by atoms with Gasteiger partial charge in [-0.2, -0.15) is 0 Å². The fraction of sp³-hybridized carbons (Fsp3) is 0.345. The second kappa shape index (κ2) is 15.9. The molecule has 12 N–H and O–H groups in total. The molecule has 14 nitrogen and oxygen atoms in total. The Bertz CT molecular complexity index is 1420. The normalized spacial score (nSPS) is 13.7. The summed E-state index contributed by atoms with van der Waals surface area (Å²) in [4.78, 5) is 58.1. The minimum Gasteiger partial charge on any atom is -0.480 e. The number of hydrogen-bond acceptors (Lipinski definition) is 7. The number of H-pyrrole nitrogens is 1. The van der Waals surface area contributed by atoms with Crippen LogP contribution in [0.15, 0.2) is 65.8 Å². The number of aliphatic hydroxyl groups excluding tert-OH is 1. The number of aromatic nitrogens is 1. The van der Waals surface area contributed by atoms with E-state index in [2.05, 4.69) is 25.9 Å². The van der Waals surface area contributed by atoms with Crippen LogP contribution in [0.3, 0.4) is 0 Å². The molecule has 0 aliphatic carbocycles. The molecule has 0 aliphatic rings. The zero-order valence-corrected chi connectivity index (χ0v) is 23.5. The molecule has 3 aromatic rings. The number of aromatic amines is 1. The number of fused-ring (bicyclic) bond motifs is 1. The van der Waals surface area contributed by atoms with E-state index in [1.54, 1.807) is 30.5 Å². The summed E-state index contributed by atoms with van der Waals surface area (Å²) in [6, 6.07) is 11.7. The second-order valence-corrected chi connectivity index (χ2v) is 10.0. The summed E-state index contributed by atoms with van der Waals surface area (Å²) in [6.45, 7) is -0.700. The number of aliphatic carboxylic acids is 1. The van der Waals surface area contributed by atoms with Crippen LogP contribution >= 0.6 is 0 Å². The monoisotopic (exact) mass is 594 g/mol. The van der Waals surface area contributed by atoms with Crippen molar-refractivity contribution in [2.24, 2.45) is 22.2 Å². The van der Waals surface area contributed by atoms with Gasteiger partial charge in [0.15, 0.2) is 5.96 Å². The highest BCUT2D eigenvalue weighted by Crippen LogP contribution is 2.19. The third-order valence-corrected chi connectivity index (χ3v) is 6.74. The standard InChI is InChI=1S/C29H38N8O6/c30-20(14-18-15-34-21-10-5-4-9-19(18)21)25(39)36-23(13-17-7-2-1-3-8-17)27(41)35-22(11-6-12-33-29(31)32)26(40)37-24(16-38)28(42)43/h1-5,7-10,15,20,22-24,34,38H,6,11-14,16,30H2,(H,35,41)(H,36,39)(H,37,40)(H,42,43)(H4,31,32,33). The molecule has 1 heterocycles. The molecule has 4 atom stereocenters. The van der Waals surface area contributed by atoms with Crippen molar-refractivity contribution in [1.29, 1.82) is 0 Å². The molecule has 0 spiro atoms. The van der Waals surface area contributed by atoms with Crippen molar-refractivity contribution in [2.45, 2.75) is 49.9 Å². The molecule has 0 saturated heterocycles. The zero-order chi connectivity index (χ0) is 31.4. The molecular weight excluding hydrogens is 556 g/mol. The molecule has 2 aromatic carbocycles. The summed E-state index contributed by atoms with van der Waals surface area (Å²) in [7, 11) is 0. The van der Waals surface area contributed by atoms with E-state index in [1.165, 1.54) is 0 Å². The molecule has 0 radical (unpaired) electrons. The Morgan fingerprint density at radius 2 is 1.47 bits per heavy atom. The Labute approximate surface area is 248 Å². The van der Waals surface area contributed by atoms with Crippen molar-refractivity contribution in [3.05, 3.63) is 71.9 Å². The Kier molecular flexibility index (Phi) is 12.0. The van der Waals surface area contributed by atoms with Crippen molar-refractivity contribution >= 4 is 40.6 Å². The minimum atomic E-state index is -1.58. The number of amides is 3. The zero-order valence-electron chi connectivity index (χ0n) is 23.5. The van der Waals surface area contributed by atoms with E-state index >= 15 is 0 Å². The van der Waals surface area contributed by atoms with Gasteiger partial charge in [0.1, 0.15) is 18.1 Å². The fourth-order valence-electron chi connectivity index (χ4n) is 4.47. The summed E-state index contributed by atoms with van der Waals surface area (Å²) in [5.41, 5.74) is 19.5. The molecule has 4 unspecified atom stereocenters. The van der Waals surface area contributed by atoms with Gasteiger partial charge in [-0.3, -0.25) is 19.4 Å². The number of aliphatic hydroxyl groups is 1. The number of carboxylic acids is 1. The minimum absolute atomic E-state index is 0.0399. The number of nitrogens with zero attached hydrogens (tertiary/aromatic N) is 1. The van der Waals surface area contributed by atoms with Gasteiger partial charge in [0.25, 0.3) is 0 Å². The quantitative estimate of drug-likeness (QED) is 0.0551. The van der Waals surface area contributed by atoms with Crippen LogP contribution in [-0.2, 0) is 32.0 Å². The lowest BCUT2D eigenvalue weighted by molar-refractivity contribution is -0.143. The number of nitrogens with two attached hydrogens (primary N) is 3. The molecule has 1 aromatic heterocycles. The van der Waals surface area contributed by atoms with Crippen molar-refractivity contribution in [3.63, 3.8) is 0 Å². The molecule has 14 heteroatoms. The summed E-state index contributed by atoms with van der Waals surface area (Å²) in [5.74, 6) is -3.68. The third kappa shape index (κ3) is 9.83. The second-order valence-electron chi connectivity index (χ2n) is 10.0. The lowest BCUT2D eigenvalue weighted by Crippen LogP contribution is -2.58. The number of benzene rings is 2. The van der Waals surface area contributed by atoms with Gasteiger partial charge in [0.05, 0.1) is 12.6 Å². The maximum atomic E-state index is 13.6. The number of para-hydroxylation sites is 1. The van der Waals surface area contributed by atoms with E-state index in [4.69, 9.17) is 17.2 Å². The maximum Gasteiger partial charge on any atom is 0.328 e. The fourth-order valence-corrected chi connectivity index (χ4v) is 4.47. The van der Waals surface area contributed by atoms with Crippen LogP contribution < -0.4 is 33.2 Å². The van der Waals surface area contributed by atoms with Gasteiger partial charge >= 0.3 is 5.97 Å². The van der Waals surface area contributed by atoms with Gasteiger partial charge in [-0.1, -0.05) is 48.5 Å². The maximum absolute atomic E-state index is 13.6. The number of guanidine groups is 1. The first-order chi connectivity index (χ1) is 20.6. The molecule has 3 rings (SSSR count). The lowest BCUT2D eigenvalue weighted by Gasteiger charge is -2.25. The van der Waals surface area contributed by atoms with Crippen molar-refractivity contribution in [1.82, 2.24) is 20.9 Å². The van der Waals surface area contributed by atoms with Gasteiger partial charge in [-0.25, -0.2) is 4.79 Å². The Morgan fingerprint density at radius 3 is 2.14 bits per heavy atom. The Balaban J connectivity index is 1.77. The van der Waals surface area contributed by atoms with Gasteiger partial charge in [0, 0.05) is 30.1 Å². The molecule has 3 amide bonds. The Morgan fingerprint density at radius 1 is 0.837 bits per heavy atom. The highest BCUT2D eigenvalue weighted by molar-refractivity contribution is 5.94. The van der Waals surface area contributed by atoms with E-state index in [9.17, 15) is 29.4 Å². The van der Waals surface area contributed by atoms with Crippen LogP contribution in [-0.4, -0.2) is 82.2 Å². The van der Waals surface area contributed by atoms with Crippen LogP contribution in [0.1, 0.15) is 24.0 Å². The first-order valence-corrected chi connectivity index (χ1v) is 13.7. The average molecular weight is 595 g/mol. The molecule has 0 aliphatic heterocycles. The van der Waals surface area contributed by atoms with Crippen molar-refractivity contribution in [3.8, 4) is 0 Å². The van der Waals surface area contributed by atoms with E-state index in [0.717, 1.165) is 22.0 Å². The summed E-state index contributed by atoms with van der Waals surface area (Å²) in [6.07, 6.45) is 2.39. The first kappa shape index (κ1) is 32.6. The predicted molar refractivity (Wildman–Crippen MR) is 161 cm³/mol. The SMILES string of the molecule is NC(N)=NCCCC(NC(=O)C(Cc1ccccc1)NC(=O)C(N)Cc1c[nH]c2ccccc12)C(=O)NC(CO)C(=O)O. The largest absolute Gasteiger partial charge is 0.480 e. The average Bonchev–Trinajstić information content (AvgIpc) is 3.39. The molecule has 43 heavy (non-hydrogen) atoms. The number of nitrogens with one attached hydrogen (secondary N) is 4. The van der Waals surface area contributed by atoms with Gasteiger partial charge in [0.2, 0.25) is 17.7 Å². The van der Waals surface area contributed by atoms with Crippen LogP contribution in [0.5, 0.6) is 0 Å². The topological polar surface area (TPSA) is 251 Å². The number of rotatable bonds is 16. The summed E-state index contributed by atoms with van der Waals surface area (Å²) < 4.78 is 0. The molecular formula is C29H38N8O6. The van der Waals surface area contributed by atoms with E-state index in [0.29, 0.717) is 0 Å². The summed E-state index contributed by atoms with van der Waals surface area (Å²) >= 11 is 0. The van der Waals surface area contributed by atoms with Crippen LogP contribution in [0.2, 0.25) is 0 Å². The summed E-state index contributed by atoms with van der Waals surface area (Å²) in [5, 5.41) is 27.1. The number of aliphatic imine (C=N–C) groups is 1. The number of carbonyl (C=O) groups is 4. The van der Waals surface area contributed by atoms with Gasteiger partial charge in [-0.05, 0) is 36.5 Å². The van der Waals surface area contributed by atoms with Crippen LogP contribution in [0, 0.1) is 0 Å². The van der Waals surface area contributed by atoms with Crippen LogP contribution in [0.25, 0.3) is 10.9 Å². The smallest absolute Gasteiger partial charge is 0.328 e. The highest BCUT2D eigenvalue weighted by atomic mass is 16.4. The van der Waals surface area contributed by atoms with Crippen LogP contribution in [0.4, 0.5) is 0 Å². The van der Waals surface area contributed by atoms with Gasteiger partial charge < -0.3 is 48.3 Å². The van der Waals surface area contributed by atoms with E-state index in [-0.39, 0.29) is 38.2 Å². The van der Waals surface area contributed by atoms with Gasteiger partial charge in [-0.15, -0.1) is 0 Å². The van der Waals surface area contributed by atoms with E-state index < -0.39 is 54.5 Å². The highest BCUT2D eigenvalue weighted by Gasteiger charge is 2.30. The molecule has 0 fully saturated rings. The number of hydrogen-bond donors (Lipinski definition) is 9. The number of carbonyl (C=O) groups excluding carboxylic acids is 3. The molecule has 230 valence electrons. The van der Waals surface area contributed by atoms with E-state index in [1.807, 2.05) is 30.3 Å². The Hall–Kier alpha value is -4.95. The number of carboxylic acid groups (broad SMARTS) is 1. The van der Waals surface area contributed by atoms with Crippen molar-refractivity contribution < 1.29 is 29.4 Å². The third-order valence-electron chi connectivity index (χ3n) is 6.74. The predicted octanol–water partition coefficient (Wildman–Crippen LogP) is -1.13. The first-order valence-electron chi connectivity index (χ1n) is 13.7. The molecule has 0 bridgehead atoms. The van der Waals surface area contributed by atoms with Crippen molar-refractivity contribution in [2.75, 3.05) is 13.2 Å². The lowest BCUT2D eigenvalue weighted by atomic mass is 10.0. The molecule has 0 saturated carbocycles.